The van der Waals surface area contributed by atoms with Crippen molar-refractivity contribution in [2.75, 3.05) is 7.05 Å². The Morgan fingerprint density at radius 1 is 1.00 bits per heavy atom. The van der Waals surface area contributed by atoms with Gasteiger partial charge in [0, 0.05) is 6.54 Å². The summed E-state index contributed by atoms with van der Waals surface area (Å²) in [6.07, 6.45) is 0. The van der Waals surface area contributed by atoms with Crippen molar-refractivity contribution in [3.63, 3.8) is 0 Å². The van der Waals surface area contributed by atoms with Crippen LogP contribution in [0.5, 0.6) is 0 Å². The molecule has 0 radical (unpaired) electrons. The van der Waals surface area contributed by atoms with Crippen LogP contribution in [0.25, 0.3) is 11.5 Å². The molecule has 0 aliphatic heterocycles. The summed E-state index contributed by atoms with van der Waals surface area (Å²) in [5.41, 5.74) is 3.33. The third kappa shape index (κ3) is 3.78. The lowest BCUT2D eigenvalue weighted by atomic mass is 10.1. The first kappa shape index (κ1) is 15.7. The predicted molar refractivity (Wildman–Crippen MR) is 91.1 cm³/mol. The lowest BCUT2D eigenvalue weighted by molar-refractivity contribution is 0.282. The van der Waals surface area contributed by atoms with Crippen LogP contribution in [0.4, 0.5) is 0 Å². The maximum Gasteiger partial charge on any atom is 0.249 e. The van der Waals surface area contributed by atoms with Gasteiger partial charge in [0.1, 0.15) is 0 Å². The molecule has 0 saturated heterocycles. The second-order valence-electron chi connectivity index (χ2n) is 5.58. The van der Waals surface area contributed by atoms with E-state index in [0.717, 1.165) is 12.1 Å². The van der Waals surface area contributed by atoms with Gasteiger partial charge in [0.05, 0.1) is 17.1 Å². The first-order valence-electron chi connectivity index (χ1n) is 7.44. The number of benzene rings is 2. The fraction of sp³-hybridized carbons (Fsp3) is 0.222. The molecule has 0 bridgehead atoms. The van der Waals surface area contributed by atoms with E-state index in [-0.39, 0.29) is 0 Å². The molecular weight excluding hydrogens is 310 g/mol. The lowest BCUT2D eigenvalue weighted by Crippen LogP contribution is -2.18. The zero-order chi connectivity index (χ0) is 16.2. The Balaban J connectivity index is 1.70. The van der Waals surface area contributed by atoms with Gasteiger partial charge >= 0.3 is 0 Å². The number of aryl methyl sites for hydroxylation is 1. The molecule has 0 amide bonds. The highest BCUT2D eigenvalue weighted by Crippen LogP contribution is 2.26. The molecule has 2 aromatic carbocycles. The van der Waals surface area contributed by atoms with Gasteiger partial charge in [0.2, 0.25) is 11.8 Å². The van der Waals surface area contributed by atoms with E-state index in [1.54, 1.807) is 0 Å². The molecule has 1 aromatic heterocycles. The monoisotopic (exact) mass is 327 g/mol. The van der Waals surface area contributed by atoms with Gasteiger partial charge in [-0.1, -0.05) is 48.0 Å². The van der Waals surface area contributed by atoms with Crippen molar-refractivity contribution in [2.24, 2.45) is 0 Å². The minimum absolute atomic E-state index is 0.454. The topological polar surface area (TPSA) is 42.2 Å². The Kier molecular flexibility index (Phi) is 4.74. The minimum atomic E-state index is 0.454. The summed E-state index contributed by atoms with van der Waals surface area (Å²) in [6.45, 7) is 3.54. The molecule has 0 N–H and O–H groups in total. The van der Waals surface area contributed by atoms with Gasteiger partial charge in [-0.3, -0.25) is 4.90 Å². The standard InChI is InChI=1S/C18H18ClN3O/c1-13-7-3-4-8-14(13)11-22(2)12-17-20-21-18(23-17)15-9-5-6-10-16(15)19/h3-10H,11-12H2,1-2H3. The van der Waals surface area contributed by atoms with Gasteiger partial charge in [-0.2, -0.15) is 0 Å². The summed E-state index contributed by atoms with van der Waals surface area (Å²) in [6, 6.07) is 15.8. The zero-order valence-corrected chi connectivity index (χ0v) is 13.9. The van der Waals surface area contributed by atoms with Gasteiger partial charge in [0.15, 0.2) is 0 Å². The molecule has 0 aliphatic rings. The van der Waals surface area contributed by atoms with E-state index in [9.17, 15) is 0 Å². The Labute approximate surface area is 140 Å². The van der Waals surface area contributed by atoms with E-state index in [1.165, 1.54) is 11.1 Å². The predicted octanol–water partition coefficient (Wildman–Crippen LogP) is 4.33. The lowest BCUT2D eigenvalue weighted by Gasteiger charge is -2.15. The summed E-state index contributed by atoms with van der Waals surface area (Å²) in [4.78, 5) is 2.15. The zero-order valence-electron chi connectivity index (χ0n) is 13.2. The van der Waals surface area contributed by atoms with Gasteiger partial charge in [0.25, 0.3) is 0 Å². The molecule has 1 heterocycles. The molecule has 0 spiro atoms. The Morgan fingerprint density at radius 2 is 1.74 bits per heavy atom. The normalized spacial score (nSPS) is 11.1. The van der Waals surface area contributed by atoms with E-state index in [1.807, 2.05) is 37.4 Å². The maximum atomic E-state index is 6.16. The molecule has 0 aliphatic carbocycles. The average Bonchev–Trinajstić information content (AvgIpc) is 2.98. The number of rotatable bonds is 5. The van der Waals surface area contributed by atoms with Crippen LogP contribution in [0.15, 0.2) is 52.9 Å². The number of hydrogen-bond acceptors (Lipinski definition) is 4. The van der Waals surface area contributed by atoms with Crippen molar-refractivity contribution in [3.05, 3.63) is 70.6 Å². The molecule has 0 unspecified atom stereocenters. The fourth-order valence-corrected chi connectivity index (χ4v) is 2.64. The molecule has 3 rings (SSSR count). The van der Waals surface area contributed by atoms with Gasteiger partial charge < -0.3 is 4.42 Å². The van der Waals surface area contributed by atoms with Crippen molar-refractivity contribution in [3.8, 4) is 11.5 Å². The van der Waals surface area contributed by atoms with Crippen molar-refractivity contribution < 1.29 is 4.42 Å². The van der Waals surface area contributed by atoms with Crippen molar-refractivity contribution in [1.82, 2.24) is 15.1 Å². The molecule has 23 heavy (non-hydrogen) atoms. The quantitative estimate of drug-likeness (QED) is 0.699. The third-order valence-electron chi connectivity index (χ3n) is 3.68. The Hall–Kier alpha value is -2.17. The number of halogens is 1. The van der Waals surface area contributed by atoms with Gasteiger partial charge in [-0.25, -0.2) is 0 Å². The molecule has 118 valence electrons. The molecule has 4 nitrogen and oxygen atoms in total. The van der Waals surface area contributed by atoms with Crippen LogP contribution in [0.2, 0.25) is 5.02 Å². The van der Waals surface area contributed by atoms with Crippen LogP contribution in [-0.2, 0) is 13.1 Å². The second kappa shape index (κ2) is 6.94. The van der Waals surface area contributed by atoms with E-state index < -0.39 is 0 Å². The fourth-order valence-electron chi connectivity index (χ4n) is 2.43. The highest BCUT2D eigenvalue weighted by atomic mass is 35.5. The Morgan fingerprint density at radius 3 is 2.52 bits per heavy atom. The third-order valence-corrected chi connectivity index (χ3v) is 4.01. The van der Waals surface area contributed by atoms with E-state index in [0.29, 0.717) is 23.3 Å². The molecule has 0 fully saturated rings. The summed E-state index contributed by atoms with van der Waals surface area (Å²) in [5, 5.41) is 8.83. The van der Waals surface area contributed by atoms with Crippen molar-refractivity contribution >= 4 is 11.6 Å². The summed E-state index contributed by atoms with van der Waals surface area (Å²) in [7, 11) is 2.03. The first-order valence-corrected chi connectivity index (χ1v) is 7.81. The molecule has 0 saturated carbocycles. The number of aromatic nitrogens is 2. The van der Waals surface area contributed by atoms with Crippen LogP contribution >= 0.6 is 11.6 Å². The van der Waals surface area contributed by atoms with Crippen LogP contribution in [0, 0.1) is 6.92 Å². The SMILES string of the molecule is Cc1ccccc1CN(C)Cc1nnc(-c2ccccc2Cl)o1. The highest BCUT2D eigenvalue weighted by Gasteiger charge is 2.13. The molecule has 5 heteroatoms. The van der Waals surface area contributed by atoms with Gasteiger partial charge in [-0.05, 0) is 37.2 Å². The molecular formula is C18H18ClN3O. The van der Waals surface area contributed by atoms with Gasteiger partial charge in [-0.15, -0.1) is 10.2 Å². The largest absolute Gasteiger partial charge is 0.419 e. The van der Waals surface area contributed by atoms with Crippen LogP contribution in [0.3, 0.4) is 0 Å². The number of nitrogens with zero attached hydrogens (tertiary/aromatic N) is 3. The minimum Gasteiger partial charge on any atom is -0.419 e. The second-order valence-corrected chi connectivity index (χ2v) is 5.99. The van der Waals surface area contributed by atoms with Crippen molar-refractivity contribution in [1.29, 1.82) is 0 Å². The summed E-state index contributed by atoms with van der Waals surface area (Å²) >= 11 is 6.16. The van der Waals surface area contributed by atoms with Crippen LogP contribution < -0.4 is 0 Å². The highest BCUT2D eigenvalue weighted by molar-refractivity contribution is 6.33. The van der Waals surface area contributed by atoms with E-state index in [4.69, 9.17) is 16.0 Å². The van der Waals surface area contributed by atoms with E-state index in [2.05, 4.69) is 40.2 Å². The van der Waals surface area contributed by atoms with Crippen LogP contribution in [0.1, 0.15) is 17.0 Å². The van der Waals surface area contributed by atoms with E-state index >= 15 is 0 Å². The maximum absolute atomic E-state index is 6.16. The van der Waals surface area contributed by atoms with Crippen molar-refractivity contribution in [2.45, 2.75) is 20.0 Å². The molecule has 0 atom stereocenters. The smallest absolute Gasteiger partial charge is 0.249 e. The first-order chi connectivity index (χ1) is 11.1. The Bertz CT molecular complexity index is 800. The molecule has 3 aromatic rings. The van der Waals surface area contributed by atoms with Crippen LogP contribution in [-0.4, -0.2) is 22.1 Å². The average molecular weight is 328 g/mol. The summed E-state index contributed by atoms with van der Waals surface area (Å²) < 4.78 is 5.74. The summed E-state index contributed by atoms with van der Waals surface area (Å²) in [5.74, 6) is 1.03. The number of hydrogen-bond donors (Lipinski definition) is 0.